The summed E-state index contributed by atoms with van der Waals surface area (Å²) < 4.78 is 7.60. The van der Waals surface area contributed by atoms with Gasteiger partial charge in [-0.05, 0) is 69.6 Å². The fourth-order valence-corrected chi connectivity index (χ4v) is 4.72. The van der Waals surface area contributed by atoms with E-state index in [9.17, 15) is 4.79 Å². The first-order valence-electron chi connectivity index (χ1n) is 11.3. The second-order valence-electron chi connectivity index (χ2n) is 9.36. The number of hydrogen-bond donors (Lipinski definition) is 1. The Labute approximate surface area is 169 Å². The number of alkyl carbamates (subject to hydrolysis) is 1. The number of nitrogens with zero attached hydrogens (tertiary/aromatic N) is 3. The summed E-state index contributed by atoms with van der Waals surface area (Å²) in [5.74, 6) is 2.66. The fourth-order valence-electron chi connectivity index (χ4n) is 4.72. The molecule has 1 fully saturated rings. The van der Waals surface area contributed by atoms with Gasteiger partial charge in [0.05, 0.1) is 18.0 Å². The molecule has 6 nitrogen and oxygen atoms in total. The second kappa shape index (κ2) is 9.75. The molecule has 0 spiro atoms. The molecule has 1 aromatic rings. The molecule has 3 rings (SSSR count). The zero-order valence-electron chi connectivity index (χ0n) is 18.1. The molecule has 3 atom stereocenters. The highest BCUT2D eigenvalue weighted by molar-refractivity contribution is 5.67. The Bertz CT molecular complexity index is 640. The van der Waals surface area contributed by atoms with Crippen molar-refractivity contribution in [2.24, 2.45) is 23.7 Å². The van der Waals surface area contributed by atoms with Crippen molar-refractivity contribution in [3.8, 4) is 0 Å². The van der Waals surface area contributed by atoms with Gasteiger partial charge in [-0.2, -0.15) is 0 Å². The molecular weight excluding hydrogens is 352 g/mol. The van der Waals surface area contributed by atoms with Gasteiger partial charge in [0.2, 0.25) is 0 Å². The second-order valence-corrected chi connectivity index (χ2v) is 9.36. The van der Waals surface area contributed by atoms with E-state index in [0.29, 0.717) is 30.4 Å². The molecule has 1 aromatic heterocycles. The summed E-state index contributed by atoms with van der Waals surface area (Å²) in [4.78, 5) is 12.0. The summed E-state index contributed by atoms with van der Waals surface area (Å²) >= 11 is 0. The number of carbonyl (C=O) groups excluding carboxylic acids is 1. The van der Waals surface area contributed by atoms with Gasteiger partial charge >= 0.3 is 6.09 Å². The molecule has 0 saturated heterocycles. The third-order valence-electron chi connectivity index (χ3n) is 6.43. The van der Waals surface area contributed by atoms with Crippen molar-refractivity contribution in [1.29, 1.82) is 0 Å². The van der Waals surface area contributed by atoms with Crippen LogP contribution in [0.3, 0.4) is 0 Å². The van der Waals surface area contributed by atoms with E-state index in [1.165, 1.54) is 30.7 Å². The highest BCUT2D eigenvalue weighted by atomic mass is 16.5. The number of carbonyl (C=O) groups is 1. The van der Waals surface area contributed by atoms with Crippen LogP contribution in [-0.4, -0.2) is 34.2 Å². The molecule has 0 bridgehead atoms. The molecule has 0 aromatic carbocycles. The maximum atomic E-state index is 12.0. The molecule has 2 aliphatic rings. The summed E-state index contributed by atoms with van der Waals surface area (Å²) in [5, 5.41) is 11.7. The van der Waals surface area contributed by atoms with Crippen LogP contribution >= 0.6 is 0 Å². The Hall–Kier alpha value is -1.59. The van der Waals surface area contributed by atoms with Crippen molar-refractivity contribution in [3.63, 3.8) is 0 Å². The van der Waals surface area contributed by atoms with Crippen molar-refractivity contribution >= 4 is 6.09 Å². The van der Waals surface area contributed by atoms with Gasteiger partial charge in [0.25, 0.3) is 0 Å². The van der Waals surface area contributed by atoms with Crippen molar-refractivity contribution in [2.75, 3.05) is 13.2 Å². The standard InChI is InChI=1S/C22H38N4O2/c1-15(2)8-6-5-7-13-23-22(27)28-14-19-17-9-11-20-21(12-10-18(17)19)26(16(3)4)25-24-20/h15-19H,5-14H2,1-4H3,(H,23,27). The van der Waals surface area contributed by atoms with Crippen molar-refractivity contribution in [3.05, 3.63) is 11.4 Å². The van der Waals surface area contributed by atoms with E-state index < -0.39 is 0 Å². The Kier molecular flexibility index (Phi) is 7.36. The minimum absolute atomic E-state index is 0.247. The Morgan fingerprint density at radius 3 is 2.61 bits per heavy atom. The number of rotatable bonds is 9. The molecule has 1 saturated carbocycles. The fraction of sp³-hybridized carbons (Fsp3) is 0.864. The molecule has 6 heteroatoms. The van der Waals surface area contributed by atoms with Gasteiger partial charge in [-0.3, -0.25) is 0 Å². The molecule has 1 N–H and O–H groups in total. The van der Waals surface area contributed by atoms with Crippen LogP contribution in [0.15, 0.2) is 0 Å². The molecule has 0 aliphatic heterocycles. The van der Waals surface area contributed by atoms with Gasteiger partial charge in [-0.25, -0.2) is 9.48 Å². The number of amides is 1. The third kappa shape index (κ3) is 5.48. The van der Waals surface area contributed by atoms with Gasteiger partial charge in [-0.15, -0.1) is 5.10 Å². The SMILES string of the molecule is CC(C)CCCCCNC(=O)OCC1C2CCc3nnn(C(C)C)c3CCC21. The highest BCUT2D eigenvalue weighted by Crippen LogP contribution is 2.52. The van der Waals surface area contributed by atoms with E-state index >= 15 is 0 Å². The molecule has 1 heterocycles. The number of nitrogens with one attached hydrogen (secondary N) is 1. The molecule has 2 aliphatic carbocycles. The normalized spacial score (nSPS) is 23.7. The zero-order valence-corrected chi connectivity index (χ0v) is 18.1. The number of hydrogen-bond acceptors (Lipinski definition) is 4. The maximum absolute atomic E-state index is 12.0. The number of aryl methyl sites for hydroxylation is 1. The highest BCUT2D eigenvalue weighted by Gasteiger charge is 2.50. The van der Waals surface area contributed by atoms with Gasteiger partial charge in [0.1, 0.15) is 0 Å². The van der Waals surface area contributed by atoms with Crippen LogP contribution in [0.5, 0.6) is 0 Å². The lowest BCUT2D eigenvalue weighted by atomic mass is 10.0. The van der Waals surface area contributed by atoms with E-state index in [-0.39, 0.29) is 6.09 Å². The first kappa shape index (κ1) is 21.1. The predicted octanol–water partition coefficient (Wildman–Crippen LogP) is 4.54. The average molecular weight is 391 g/mol. The third-order valence-corrected chi connectivity index (χ3v) is 6.43. The van der Waals surface area contributed by atoms with Crippen LogP contribution in [0.1, 0.15) is 83.6 Å². The van der Waals surface area contributed by atoms with E-state index in [4.69, 9.17) is 4.74 Å². The molecular formula is C22H38N4O2. The first-order valence-corrected chi connectivity index (χ1v) is 11.3. The van der Waals surface area contributed by atoms with Crippen LogP contribution in [0, 0.1) is 23.7 Å². The summed E-state index contributed by atoms with van der Waals surface area (Å²) in [7, 11) is 0. The van der Waals surface area contributed by atoms with Crippen LogP contribution < -0.4 is 5.32 Å². The minimum atomic E-state index is -0.247. The van der Waals surface area contributed by atoms with Gasteiger partial charge in [-0.1, -0.05) is 38.3 Å². The lowest BCUT2D eigenvalue weighted by Gasteiger charge is -2.12. The number of unbranched alkanes of at least 4 members (excludes halogenated alkanes) is 2. The lowest BCUT2D eigenvalue weighted by Crippen LogP contribution is -2.26. The Balaban J connectivity index is 1.34. The Morgan fingerprint density at radius 2 is 1.89 bits per heavy atom. The zero-order chi connectivity index (χ0) is 20.1. The van der Waals surface area contributed by atoms with Crippen LogP contribution in [0.4, 0.5) is 4.79 Å². The van der Waals surface area contributed by atoms with Crippen molar-refractivity contribution < 1.29 is 9.53 Å². The molecule has 28 heavy (non-hydrogen) atoms. The summed E-state index contributed by atoms with van der Waals surface area (Å²) in [6.07, 6.45) is 8.81. The average Bonchev–Trinajstić information content (AvgIpc) is 3.11. The van der Waals surface area contributed by atoms with Crippen molar-refractivity contribution in [2.45, 2.75) is 85.1 Å². The summed E-state index contributed by atoms with van der Waals surface area (Å²) in [6, 6.07) is 0.360. The first-order chi connectivity index (χ1) is 13.5. The molecule has 1 amide bonds. The Morgan fingerprint density at radius 1 is 1.14 bits per heavy atom. The monoisotopic (exact) mass is 390 g/mol. The number of ether oxygens (including phenoxy) is 1. The van der Waals surface area contributed by atoms with Crippen LogP contribution in [0.2, 0.25) is 0 Å². The quantitative estimate of drug-likeness (QED) is 0.628. The van der Waals surface area contributed by atoms with Crippen molar-refractivity contribution in [1.82, 2.24) is 20.3 Å². The number of aromatic nitrogens is 3. The van der Waals surface area contributed by atoms with E-state index in [1.807, 2.05) is 0 Å². The number of fused-ring (bicyclic) bond motifs is 2. The summed E-state index contributed by atoms with van der Waals surface area (Å²) in [5.41, 5.74) is 2.49. The maximum Gasteiger partial charge on any atom is 0.407 e. The van der Waals surface area contributed by atoms with Gasteiger partial charge < -0.3 is 10.1 Å². The van der Waals surface area contributed by atoms with Gasteiger partial charge in [0, 0.05) is 12.6 Å². The molecule has 158 valence electrons. The van der Waals surface area contributed by atoms with Crippen LogP contribution in [-0.2, 0) is 17.6 Å². The predicted molar refractivity (Wildman–Crippen MR) is 110 cm³/mol. The topological polar surface area (TPSA) is 69.0 Å². The van der Waals surface area contributed by atoms with Crippen LogP contribution in [0.25, 0.3) is 0 Å². The smallest absolute Gasteiger partial charge is 0.407 e. The lowest BCUT2D eigenvalue weighted by molar-refractivity contribution is 0.137. The van der Waals surface area contributed by atoms with E-state index in [2.05, 4.69) is 48.0 Å². The van der Waals surface area contributed by atoms with Gasteiger partial charge in [0.15, 0.2) is 0 Å². The minimum Gasteiger partial charge on any atom is -0.449 e. The van der Waals surface area contributed by atoms with E-state index in [0.717, 1.165) is 44.6 Å². The molecule has 3 unspecified atom stereocenters. The molecule has 0 radical (unpaired) electrons. The summed E-state index contributed by atoms with van der Waals surface area (Å²) in [6.45, 7) is 10.1. The van der Waals surface area contributed by atoms with E-state index in [1.54, 1.807) is 0 Å². The largest absolute Gasteiger partial charge is 0.449 e.